The fourth-order valence-corrected chi connectivity index (χ4v) is 1.82. The Hall–Kier alpha value is -1.40. The maximum absolute atomic E-state index is 12.0. The average Bonchev–Trinajstić information content (AvgIpc) is 2.75. The van der Waals surface area contributed by atoms with Crippen LogP contribution >= 0.6 is 0 Å². The van der Waals surface area contributed by atoms with Gasteiger partial charge in [0.15, 0.2) is 0 Å². The van der Waals surface area contributed by atoms with E-state index in [0.29, 0.717) is 13.0 Å². The third kappa shape index (κ3) is 3.83. The topological polar surface area (TPSA) is 92.9 Å². The number of nitrogens with zero attached hydrogens (tertiary/aromatic N) is 1. The van der Waals surface area contributed by atoms with Crippen LogP contribution in [0.3, 0.4) is 0 Å². The van der Waals surface area contributed by atoms with Gasteiger partial charge in [0.1, 0.15) is 12.6 Å². The summed E-state index contributed by atoms with van der Waals surface area (Å²) in [7, 11) is 0. The van der Waals surface area contributed by atoms with Crippen LogP contribution in [0.4, 0.5) is 0 Å². The highest BCUT2D eigenvalue weighted by Crippen LogP contribution is 2.20. The normalized spacial score (nSPS) is 23.4. The van der Waals surface area contributed by atoms with Crippen molar-refractivity contribution in [3.8, 4) is 0 Å². The first kappa shape index (κ1) is 13.7. The van der Waals surface area contributed by atoms with Crippen LogP contribution in [-0.4, -0.2) is 53.7 Å². The highest BCUT2D eigenvalue weighted by molar-refractivity contribution is 5.85. The van der Waals surface area contributed by atoms with Crippen molar-refractivity contribution < 1.29 is 19.4 Å². The molecular formula is C11H18N2O4. The van der Waals surface area contributed by atoms with Crippen molar-refractivity contribution in [1.82, 2.24) is 4.90 Å². The van der Waals surface area contributed by atoms with Gasteiger partial charge in [0.25, 0.3) is 5.91 Å². The minimum absolute atomic E-state index is 0.0978. The molecule has 3 N–H and O–H groups in total. The Kier molecular flexibility index (Phi) is 5.11. The van der Waals surface area contributed by atoms with E-state index in [-0.39, 0.29) is 25.1 Å². The van der Waals surface area contributed by atoms with Crippen LogP contribution in [0.25, 0.3) is 0 Å². The van der Waals surface area contributed by atoms with Gasteiger partial charge in [0.2, 0.25) is 0 Å². The second kappa shape index (κ2) is 6.36. The Bertz CT molecular complexity index is 306. The summed E-state index contributed by atoms with van der Waals surface area (Å²) in [5.74, 6) is -1.35. The zero-order valence-electron chi connectivity index (χ0n) is 9.67. The number of carboxylic acids is 1. The van der Waals surface area contributed by atoms with Gasteiger partial charge in [-0.15, -0.1) is 6.58 Å². The molecule has 2 atom stereocenters. The maximum atomic E-state index is 12.0. The van der Waals surface area contributed by atoms with Crippen molar-refractivity contribution in [2.75, 3.05) is 19.6 Å². The summed E-state index contributed by atoms with van der Waals surface area (Å²) in [6.07, 6.45) is 2.16. The van der Waals surface area contributed by atoms with Gasteiger partial charge in [-0.25, -0.2) is 0 Å². The summed E-state index contributed by atoms with van der Waals surface area (Å²) in [6, 6.07) is 0. The summed E-state index contributed by atoms with van der Waals surface area (Å²) in [4.78, 5) is 23.8. The zero-order chi connectivity index (χ0) is 12.8. The molecule has 1 heterocycles. The number of nitrogens with two attached hydrogens (primary N) is 1. The molecule has 1 fully saturated rings. The van der Waals surface area contributed by atoms with E-state index in [4.69, 9.17) is 15.6 Å². The van der Waals surface area contributed by atoms with Crippen LogP contribution < -0.4 is 5.73 Å². The van der Waals surface area contributed by atoms with E-state index in [1.54, 1.807) is 0 Å². The van der Waals surface area contributed by atoms with Gasteiger partial charge in [-0.2, -0.15) is 0 Å². The fraction of sp³-hybridized carbons (Fsp3) is 0.636. The lowest BCUT2D eigenvalue weighted by Crippen LogP contribution is -2.42. The van der Waals surface area contributed by atoms with E-state index in [1.807, 2.05) is 0 Å². The molecule has 6 heteroatoms. The molecule has 1 amide bonds. The molecule has 0 aliphatic carbocycles. The minimum atomic E-state index is -1.05. The number of rotatable bonds is 6. The number of ether oxygens (including phenoxy) is 1. The van der Waals surface area contributed by atoms with Crippen molar-refractivity contribution in [3.05, 3.63) is 12.7 Å². The van der Waals surface area contributed by atoms with Gasteiger partial charge in [-0.3, -0.25) is 9.59 Å². The average molecular weight is 242 g/mol. The van der Waals surface area contributed by atoms with Crippen LogP contribution in [0.5, 0.6) is 0 Å². The van der Waals surface area contributed by atoms with E-state index >= 15 is 0 Å². The Morgan fingerprint density at radius 3 is 2.71 bits per heavy atom. The van der Waals surface area contributed by atoms with Crippen LogP contribution in [0.2, 0.25) is 0 Å². The Labute approximate surface area is 100 Å². The van der Waals surface area contributed by atoms with Gasteiger partial charge in [-0.1, -0.05) is 6.08 Å². The van der Waals surface area contributed by atoms with Crippen molar-refractivity contribution in [1.29, 1.82) is 0 Å². The predicted molar refractivity (Wildman–Crippen MR) is 61.4 cm³/mol. The van der Waals surface area contributed by atoms with Crippen molar-refractivity contribution in [2.45, 2.75) is 25.0 Å². The molecule has 6 nitrogen and oxygen atoms in total. The van der Waals surface area contributed by atoms with Crippen LogP contribution in [0.1, 0.15) is 12.8 Å². The molecule has 1 rings (SSSR count). The first-order valence-electron chi connectivity index (χ1n) is 5.55. The largest absolute Gasteiger partial charge is 0.480 e. The number of carboxylic acid groups (broad SMARTS) is 1. The highest BCUT2D eigenvalue weighted by atomic mass is 16.5. The molecular weight excluding hydrogens is 224 g/mol. The van der Waals surface area contributed by atoms with E-state index in [0.717, 1.165) is 6.42 Å². The molecule has 0 bridgehead atoms. The standard InChI is InChI=1S/C11H18N2O4/c1-2-5-13(7-10(14)15)11(16)9-4-3-8(6-12)17-9/h2,8-9H,1,3-7,12H2,(H,14,15). The van der Waals surface area contributed by atoms with Gasteiger partial charge in [0.05, 0.1) is 6.10 Å². The Morgan fingerprint density at radius 1 is 1.53 bits per heavy atom. The number of hydrogen-bond acceptors (Lipinski definition) is 4. The third-order valence-corrected chi connectivity index (χ3v) is 2.63. The van der Waals surface area contributed by atoms with Crippen LogP contribution in [0, 0.1) is 0 Å². The summed E-state index contributed by atoms with van der Waals surface area (Å²) in [5, 5.41) is 8.71. The SMILES string of the molecule is C=CCN(CC(=O)O)C(=O)C1CCC(CN)O1. The van der Waals surface area contributed by atoms with Gasteiger partial charge in [0, 0.05) is 13.1 Å². The lowest BCUT2D eigenvalue weighted by molar-refractivity contribution is -0.149. The minimum Gasteiger partial charge on any atom is -0.480 e. The molecule has 0 spiro atoms. The van der Waals surface area contributed by atoms with Crippen molar-refractivity contribution in [3.63, 3.8) is 0 Å². The molecule has 1 saturated heterocycles. The van der Waals surface area contributed by atoms with Gasteiger partial charge in [-0.05, 0) is 12.8 Å². The molecule has 0 aromatic carbocycles. The fourth-order valence-electron chi connectivity index (χ4n) is 1.82. The molecule has 0 aromatic heterocycles. The predicted octanol–water partition coefficient (Wildman–Crippen LogP) is -0.408. The molecule has 0 saturated carbocycles. The number of hydrogen-bond donors (Lipinski definition) is 2. The van der Waals surface area contributed by atoms with E-state index in [2.05, 4.69) is 6.58 Å². The molecule has 1 aliphatic rings. The summed E-state index contributed by atoms with van der Waals surface area (Å²) >= 11 is 0. The van der Waals surface area contributed by atoms with Crippen LogP contribution in [-0.2, 0) is 14.3 Å². The molecule has 0 radical (unpaired) electrons. The van der Waals surface area contributed by atoms with E-state index in [9.17, 15) is 9.59 Å². The number of carbonyl (C=O) groups excluding carboxylic acids is 1. The second-order valence-corrected chi connectivity index (χ2v) is 3.96. The summed E-state index contributed by atoms with van der Waals surface area (Å²) < 4.78 is 5.44. The third-order valence-electron chi connectivity index (χ3n) is 2.63. The smallest absolute Gasteiger partial charge is 0.323 e. The lowest BCUT2D eigenvalue weighted by Gasteiger charge is -2.22. The number of amides is 1. The van der Waals surface area contributed by atoms with Gasteiger partial charge >= 0.3 is 5.97 Å². The van der Waals surface area contributed by atoms with E-state index in [1.165, 1.54) is 11.0 Å². The number of carbonyl (C=O) groups is 2. The molecule has 96 valence electrons. The zero-order valence-corrected chi connectivity index (χ0v) is 9.67. The molecule has 17 heavy (non-hydrogen) atoms. The van der Waals surface area contributed by atoms with Crippen molar-refractivity contribution >= 4 is 11.9 Å². The van der Waals surface area contributed by atoms with Gasteiger partial charge < -0.3 is 20.5 Å². The quantitative estimate of drug-likeness (QED) is 0.618. The number of aliphatic carboxylic acids is 1. The Balaban J connectivity index is 2.58. The van der Waals surface area contributed by atoms with Crippen molar-refractivity contribution in [2.24, 2.45) is 5.73 Å². The highest BCUT2D eigenvalue weighted by Gasteiger charge is 2.33. The molecule has 0 aromatic rings. The summed E-state index contributed by atoms with van der Waals surface area (Å²) in [6.45, 7) is 3.75. The molecule has 1 aliphatic heterocycles. The first-order chi connectivity index (χ1) is 8.08. The van der Waals surface area contributed by atoms with Crippen LogP contribution in [0.15, 0.2) is 12.7 Å². The first-order valence-corrected chi connectivity index (χ1v) is 5.55. The summed E-state index contributed by atoms with van der Waals surface area (Å²) in [5.41, 5.74) is 5.45. The Morgan fingerprint density at radius 2 is 2.24 bits per heavy atom. The monoisotopic (exact) mass is 242 g/mol. The maximum Gasteiger partial charge on any atom is 0.323 e. The lowest BCUT2D eigenvalue weighted by atomic mass is 10.2. The second-order valence-electron chi connectivity index (χ2n) is 3.96. The molecule has 2 unspecified atom stereocenters. The van der Waals surface area contributed by atoms with E-state index < -0.39 is 12.1 Å².